The highest BCUT2D eigenvalue weighted by atomic mass is 19.4. The SMILES string of the molecule is CC(C)CN(c1ccc(C(C)CC(=O)O)cc1Nc1cccc(C(F)(F)F)c1)C1CCCCC1. The minimum absolute atomic E-state index is 0.0132. The first-order valence-electron chi connectivity index (χ1n) is 12.1. The van der Waals surface area contributed by atoms with Crippen molar-refractivity contribution in [3.8, 4) is 0 Å². The van der Waals surface area contributed by atoms with E-state index in [-0.39, 0.29) is 12.3 Å². The summed E-state index contributed by atoms with van der Waals surface area (Å²) in [6, 6.07) is 11.4. The van der Waals surface area contributed by atoms with E-state index in [0.29, 0.717) is 23.3 Å². The second-order valence-electron chi connectivity index (χ2n) is 9.82. The smallest absolute Gasteiger partial charge is 0.416 e. The zero-order chi connectivity index (χ0) is 24.9. The predicted octanol–water partition coefficient (Wildman–Crippen LogP) is 7.82. The maximum absolute atomic E-state index is 13.3. The van der Waals surface area contributed by atoms with Gasteiger partial charge < -0.3 is 15.3 Å². The fourth-order valence-corrected chi connectivity index (χ4v) is 4.75. The molecule has 1 unspecified atom stereocenters. The second-order valence-corrected chi connectivity index (χ2v) is 9.82. The Hall–Kier alpha value is -2.70. The van der Waals surface area contributed by atoms with Crippen LogP contribution in [-0.2, 0) is 11.0 Å². The van der Waals surface area contributed by atoms with E-state index in [1.54, 1.807) is 6.07 Å². The van der Waals surface area contributed by atoms with Crippen LogP contribution in [0.3, 0.4) is 0 Å². The summed E-state index contributed by atoms with van der Waals surface area (Å²) >= 11 is 0. The number of hydrogen-bond donors (Lipinski definition) is 2. The molecule has 1 aliphatic rings. The number of nitrogens with zero attached hydrogens (tertiary/aromatic N) is 1. The minimum atomic E-state index is -4.43. The molecule has 0 saturated heterocycles. The molecule has 0 heterocycles. The van der Waals surface area contributed by atoms with E-state index in [2.05, 4.69) is 24.1 Å². The van der Waals surface area contributed by atoms with Crippen LogP contribution < -0.4 is 10.2 Å². The molecule has 2 N–H and O–H groups in total. The van der Waals surface area contributed by atoms with Gasteiger partial charge >= 0.3 is 12.1 Å². The van der Waals surface area contributed by atoms with Crippen molar-refractivity contribution in [3.05, 3.63) is 53.6 Å². The van der Waals surface area contributed by atoms with Gasteiger partial charge in [0.25, 0.3) is 0 Å². The average molecular weight is 477 g/mol. The van der Waals surface area contributed by atoms with Gasteiger partial charge in [0.2, 0.25) is 0 Å². The van der Waals surface area contributed by atoms with Gasteiger partial charge in [-0.3, -0.25) is 4.79 Å². The van der Waals surface area contributed by atoms with Gasteiger partial charge in [0.15, 0.2) is 0 Å². The van der Waals surface area contributed by atoms with Crippen LogP contribution in [0.15, 0.2) is 42.5 Å². The highest BCUT2D eigenvalue weighted by molar-refractivity contribution is 5.77. The third kappa shape index (κ3) is 6.90. The Morgan fingerprint density at radius 1 is 1.09 bits per heavy atom. The van der Waals surface area contributed by atoms with Crippen molar-refractivity contribution in [1.82, 2.24) is 0 Å². The van der Waals surface area contributed by atoms with Crippen molar-refractivity contribution < 1.29 is 23.1 Å². The summed E-state index contributed by atoms with van der Waals surface area (Å²) in [6.45, 7) is 7.02. The van der Waals surface area contributed by atoms with Gasteiger partial charge in [0.05, 0.1) is 23.4 Å². The molecule has 0 spiro atoms. The number of halogens is 3. The van der Waals surface area contributed by atoms with Gasteiger partial charge in [-0.15, -0.1) is 0 Å². The number of benzene rings is 2. The molecule has 7 heteroatoms. The molecule has 0 bridgehead atoms. The first-order valence-corrected chi connectivity index (χ1v) is 12.1. The lowest BCUT2D eigenvalue weighted by Crippen LogP contribution is -2.39. The number of alkyl halides is 3. The molecule has 1 atom stereocenters. The molecule has 0 radical (unpaired) electrons. The van der Waals surface area contributed by atoms with Gasteiger partial charge in [-0.25, -0.2) is 0 Å². The standard InChI is InChI=1S/C27H35F3N2O2/c1-18(2)17-32(23-10-5-4-6-11-23)25-13-12-20(19(3)14-26(33)34)15-24(25)31-22-9-7-8-21(16-22)27(28,29)30/h7-9,12-13,15-16,18-19,23,31H,4-6,10-11,14,17H2,1-3H3,(H,33,34). The quantitative estimate of drug-likeness (QED) is 0.387. The van der Waals surface area contributed by atoms with Crippen molar-refractivity contribution >= 4 is 23.0 Å². The molecule has 0 aliphatic heterocycles. The highest BCUT2D eigenvalue weighted by Crippen LogP contribution is 2.38. The molecule has 2 aromatic carbocycles. The topological polar surface area (TPSA) is 52.6 Å². The summed E-state index contributed by atoms with van der Waals surface area (Å²) < 4.78 is 39.9. The van der Waals surface area contributed by atoms with Crippen molar-refractivity contribution in [2.75, 3.05) is 16.8 Å². The van der Waals surface area contributed by atoms with E-state index in [0.717, 1.165) is 42.8 Å². The monoisotopic (exact) mass is 476 g/mol. The number of carbonyl (C=O) groups is 1. The van der Waals surface area contributed by atoms with Crippen molar-refractivity contribution in [2.45, 2.75) is 77.4 Å². The van der Waals surface area contributed by atoms with Gasteiger partial charge in [-0.2, -0.15) is 13.2 Å². The second kappa shape index (κ2) is 11.2. The van der Waals surface area contributed by atoms with Crippen LogP contribution in [0.1, 0.15) is 76.3 Å². The molecule has 0 amide bonds. The zero-order valence-electron chi connectivity index (χ0n) is 20.2. The Balaban J connectivity index is 2.04. The third-order valence-corrected chi connectivity index (χ3v) is 6.43. The fourth-order valence-electron chi connectivity index (χ4n) is 4.75. The van der Waals surface area contributed by atoms with Crippen LogP contribution in [0.5, 0.6) is 0 Å². The van der Waals surface area contributed by atoms with Crippen LogP contribution in [0, 0.1) is 5.92 Å². The van der Waals surface area contributed by atoms with Crippen LogP contribution in [0.4, 0.5) is 30.2 Å². The zero-order valence-corrected chi connectivity index (χ0v) is 20.2. The summed E-state index contributed by atoms with van der Waals surface area (Å²) in [5, 5.41) is 12.5. The van der Waals surface area contributed by atoms with Crippen molar-refractivity contribution in [3.63, 3.8) is 0 Å². The van der Waals surface area contributed by atoms with Gasteiger partial charge in [-0.05, 0) is 60.6 Å². The summed E-state index contributed by atoms with van der Waals surface area (Å²) in [5.41, 5.74) is 2.14. The normalized spacial score (nSPS) is 15.9. The maximum Gasteiger partial charge on any atom is 0.416 e. The summed E-state index contributed by atoms with van der Waals surface area (Å²) in [4.78, 5) is 13.7. The maximum atomic E-state index is 13.3. The van der Waals surface area contributed by atoms with Gasteiger partial charge in [-0.1, -0.05) is 52.2 Å². The molecule has 34 heavy (non-hydrogen) atoms. The number of anilines is 3. The lowest BCUT2D eigenvalue weighted by atomic mass is 9.92. The Labute approximate surface area is 200 Å². The van der Waals surface area contributed by atoms with Crippen molar-refractivity contribution in [1.29, 1.82) is 0 Å². The Morgan fingerprint density at radius 3 is 2.41 bits per heavy atom. The fraction of sp³-hybridized carbons (Fsp3) is 0.519. The molecule has 186 valence electrons. The lowest BCUT2D eigenvalue weighted by molar-refractivity contribution is -0.138. The van der Waals surface area contributed by atoms with Crippen molar-refractivity contribution in [2.24, 2.45) is 5.92 Å². The first-order chi connectivity index (χ1) is 16.0. The number of hydrogen-bond acceptors (Lipinski definition) is 3. The number of aliphatic carboxylic acids is 1. The molecular formula is C27H35F3N2O2. The molecule has 1 aliphatic carbocycles. The third-order valence-electron chi connectivity index (χ3n) is 6.43. The molecule has 0 aromatic heterocycles. The van der Waals surface area contributed by atoms with Crippen LogP contribution >= 0.6 is 0 Å². The van der Waals surface area contributed by atoms with E-state index < -0.39 is 17.7 Å². The van der Waals surface area contributed by atoms with E-state index in [4.69, 9.17) is 0 Å². The predicted molar refractivity (Wildman–Crippen MR) is 131 cm³/mol. The number of nitrogens with one attached hydrogen (secondary N) is 1. The molecule has 4 nitrogen and oxygen atoms in total. The van der Waals surface area contributed by atoms with E-state index >= 15 is 0 Å². The van der Waals surface area contributed by atoms with E-state index in [1.807, 2.05) is 25.1 Å². The summed E-state index contributed by atoms with van der Waals surface area (Å²) in [7, 11) is 0. The molecule has 3 rings (SSSR count). The Morgan fingerprint density at radius 2 is 1.79 bits per heavy atom. The van der Waals surface area contributed by atoms with Gasteiger partial charge in [0.1, 0.15) is 0 Å². The average Bonchev–Trinajstić information content (AvgIpc) is 2.77. The molecule has 2 aromatic rings. The van der Waals surface area contributed by atoms with E-state index in [1.165, 1.54) is 25.3 Å². The van der Waals surface area contributed by atoms with Gasteiger partial charge in [0, 0.05) is 18.3 Å². The van der Waals surface area contributed by atoms with Crippen LogP contribution in [0.2, 0.25) is 0 Å². The molecule has 1 fully saturated rings. The minimum Gasteiger partial charge on any atom is -0.481 e. The van der Waals surface area contributed by atoms with E-state index in [9.17, 15) is 23.1 Å². The Bertz CT molecular complexity index is 969. The molecule has 1 saturated carbocycles. The highest BCUT2D eigenvalue weighted by Gasteiger charge is 2.31. The number of rotatable bonds is 9. The number of carboxylic acid groups (broad SMARTS) is 1. The largest absolute Gasteiger partial charge is 0.481 e. The first kappa shape index (κ1) is 25.9. The lowest BCUT2D eigenvalue weighted by Gasteiger charge is -2.38. The Kier molecular flexibility index (Phi) is 8.50. The number of carboxylic acids is 1. The summed E-state index contributed by atoms with van der Waals surface area (Å²) in [6.07, 6.45) is 1.31. The van der Waals surface area contributed by atoms with Crippen LogP contribution in [0.25, 0.3) is 0 Å². The van der Waals surface area contributed by atoms with Crippen LogP contribution in [-0.4, -0.2) is 23.7 Å². The summed E-state index contributed by atoms with van der Waals surface area (Å²) in [5.74, 6) is -0.691. The molecular weight excluding hydrogens is 441 g/mol.